The van der Waals surface area contributed by atoms with E-state index in [1.807, 2.05) is 36.7 Å². The lowest BCUT2D eigenvalue weighted by Gasteiger charge is -2.19. The van der Waals surface area contributed by atoms with Crippen LogP contribution in [0.2, 0.25) is 0 Å². The molecule has 1 aliphatic rings. The minimum atomic E-state index is -0.193. The molecule has 2 N–H and O–H groups in total. The zero-order valence-corrected chi connectivity index (χ0v) is 34.2. The third-order valence-corrected chi connectivity index (χ3v) is 12.3. The topological polar surface area (TPSA) is 72.0 Å². The number of pyridine rings is 1. The molecule has 0 spiro atoms. The lowest BCUT2D eigenvalue weighted by molar-refractivity contribution is -0.586. The molecule has 0 saturated heterocycles. The van der Waals surface area contributed by atoms with E-state index in [4.69, 9.17) is 15.0 Å². The van der Waals surface area contributed by atoms with Crippen molar-refractivity contribution in [1.29, 1.82) is 0 Å². The highest BCUT2D eigenvalue weighted by Gasteiger charge is 2.26. The molecule has 296 valence electrons. The first-order valence-electron chi connectivity index (χ1n) is 21.3. The molecule has 0 aliphatic carbocycles. The summed E-state index contributed by atoms with van der Waals surface area (Å²) in [6.07, 6.45) is 3.63. The van der Waals surface area contributed by atoms with Crippen molar-refractivity contribution in [3.8, 4) is 39.3 Å². The Morgan fingerprint density at radius 3 is 1.76 bits per heavy atom. The molecular weight excluding hydrogens is 769 g/mol. The van der Waals surface area contributed by atoms with Gasteiger partial charge in [0.15, 0.2) is 5.84 Å². The predicted octanol–water partition coefficient (Wildman–Crippen LogP) is 12.4. The summed E-state index contributed by atoms with van der Waals surface area (Å²) in [6, 6.07) is 72.8. The summed E-state index contributed by atoms with van der Waals surface area (Å²) >= 11 is 0. The highest BCUT2D eigenvalue weighted by molar-refractivity contribution is 6.24. The van der Waals surface area contributed by atoms with Crippen molar-refractivity contribution in [1.82, 2.24) is 14.5 Å². The number of aliphatic imine (C=N–C) groups is 2. The number of benzene rings is 9. The normalized spacial score (nSPS) is 14.0. The molecule has 2 aromatic heterocycles. The predicted molar refractivity (Wildman–Crippen MR) is 258 cm³/mol. The summed E-state index contributed by atoms with van der Waals surface area (Å²) in [6.45, 7) is 0. The molecule has 6 nitrogen and oxygen atoms in total. The van der Waals surface area contributed by atoms with Crippen molar-refractivity contribution in [3.63, 3.8) is 0 Å². The average molecular weight is 808 g/mol. The van der Waals surface area contributed by atoms with Crippen LogP contribution >= 0.6 is 0 Å². The Balaban J connectivity index is 0.914. The van der Waals surface area contributed by atoms with Crippen molar-refractivity contribution in [3.05, 3.63) is 235 Å². The number of aromatic nitrogens is 3. The van der Waals surface area contributed by atoms with Crippen molar-refractivity contribution >= 4 is 55.0 Å². The summed E-state index contributed by atoms with van der Waals surface area (Å²) in [5.41, 5.74) is 11.9. The number of nitrogens with zero attached hydrogens (tertiary/aromatic N) is 5. The maximum atomic E-state index is 5.49. The van der Waals surface area contributed by atoms with E-state index in [9.17, 15) is 0 Å². The molecule has 0 fully saturated rings. The largest absolute Gasteiger partial charge is 0.292 e. The van der Waals surface area contributed by atoms with Crippen molar-refractivity contribution < 1.29 is 5.32 Å². The third kappa shape index (κ3) is 6.49. The number of quaternary nitrogens is 1. The third-order valence-electron chi connectivity index (χ3n) is 12.3. The fourth-order valence-corrected chi connectivity index (χ4v) is 9.15. The first-order chi connectivity index (χ1) is 31.2. The second-order valence-corrected chi connectivity index (χ2v) is 16.0. The lowest BCUT2D eigenvalue weighted by atomic mass is 10.0. The summed E-state index contributed by atoms with van der Waals surface area (Å²) in [5, 5.41) is 9.04. The van der Waals surface area contributed by atoms with E-state index in [0.29, 0.717) is 0 Å². The van der Waals surface area contributed by atoms with Gasteiger partial charge >= 0.3 is 0 Å². The Hall–Kier alpha value is -8.32. The van der Waals surface area contributed by atoms with Crippen LogP contribution in [-0.4, -0.2) is 26.2 Å². The van der Waals surface area contributed by atoms with Gasteiger partial charge in [0.2, 0.25) is 12.0 Å². The van der Waals surface area contributed by atoms with Gasteiger partial charge in [-0.1, -0.05) is 176 Å². The van der Waals surface area contributed by atoms with E-state index in [1.165, 1.54) is 21.9 Å². The number of hydrogen-bond acceptors (Lipinski definition) is 4. The SMILES string of the molecule is c1ccc(C2=NC(c3ccc(-c4ccc(-n5c(-c6cccc7ccccc67)nc6c7cnccc7c7ccccc7c65)cc4)cc3)[NH2+]C(c3ccc(-c4ccccc4)cc3)=N2)cc1. The molecule has 1 aliphatic heterocycles. The molecule has 0 amide bonds. The van der Waals surface area contributed by atoms with E-state index in [1.54, 1.807) is 0 Å². The number of rotatable bonds is 7. The molecule has 11 aromatic rings. The standard InChI is InChI=1S/C57H38N6/c1-3-12-37(13-4-1)38-22-26-43(27-23-38)55-60-54(42-15-5-2-6-16-42)61-56(62-55)44-28-24-39(25-29-44)40-30-32-45(33-31-40)63-53-49-20-10-9-19-47(49)48-34-35-58-36-51(48)52(53)59-57(63)50-21-11-17-41-14-7-8-18-46(41)50/h1-36,56H,(H,60,61,62)/p+1. The Kier molecular flexibility index (Phi) is 8.87. The number of imidazole rings is 1. The Morgan fingerprint density at radius 2 is 1.02 bits per heavy atom. The molecule has 12 rings (SSSR count). The van der Waals surface area contributed by atoms with Crippen LogP contribution in [0, 0.1) is 0 Å². The smallest absolute Gasteiger partial charge is 0.235 e. The van der Waals surface area contributed by atoms with Crippen molar-refractivity contribution in [2.45, 2.75) is 6.17 Å². The highest BCUT2D eigenvalue weighted by Crippen LogP contribution is 2.40. The minimum absolute atomic E-state index is 0.193. The molecule has 1 atom stereocenters. The van der Waals surface area contributed by atoms with Gasteiger partial charge in [-0.3, -0.25) is 14.9 Å². The van der Waals surface area contributed by atoms with Gasteiger partial charge in [0.1, 0.15) is 5.82 Å². The summed E-state index contributed by atoms with van der Waals surface area (Å²) in [7, 11) is 0. The van der Waals surface area contributed by atoms with Gasteiger partial charge in [-0.2, -0.15) is 4.99 Å². The maximum Gasteiger partial charge on any atom is 0.235 e. The highest BCUT2D eigenvalue weighted by atomic mass is 15.2. The second-order valence-electron chi connectivity index (χ2n) is 16.0. The quantitative estimate of drug-likeness (QED) is 0.163. The zero-order chi connectivity index (χ0) is 41.7. The first kappa shape index (κ1) is 36.5. The van der Waals surface area contributed by atoms with Gasteiger partial charge in [0.25, 0.3) is 0 Å². The van der Waals surface area contributed by atoms with Crippen LogP contribution in [0.25, 0.3) is 82.7 Å². The number of hydrogen-bond donors (Lipinski definition) is 1. The van der Waals surface area contributed by atoms with Gasteiger partial charge in [-0.15, -0.1) is 0 Å². The summed E-state index contributed by atoms with van der Waals surface area (Å²) in [5.74, 6) is 2.55. The monoisotopic (exact) mass is 807 g/mol. The molecule has 0 bridgehead atoms. The Labute approximate surface area is 364 Å². The van der Waals surface area contributed by atoms with E-state index in [2.05, 4.69) is 197 Å². The molecule has 6 heteroatoms. The number of amidine groups is 2. The van der Waals surface area contributed by atoms with Gasteiger partial charge in [0, 0.05) is 45.5 Å². The van der Waals surface area contributed by atoms with Crippen LogP contribution in [-0.2, 0) is 0 Å². The Bertz CT molecular complexity index is 3550. The summed E-state index contributed by atoms with van der Waals surface area (Å²) in [4.78, 5) is 20.3. The lowest BCUT2D eigenvalue weighted by Crippen LogP contribution is -2.90. The van der Waals surface area contributed by atoms with E-state index < -0.39 is 0 Å². The second kappa shape index (κ2) is 15.3. The zero-order valence-electron chi connectivity index (χ0n) is 34.2. The molecule has 0 radical (unpaired) electrons. The average Bonchev–Trinajstić information content (AvgIpc) is 3.78. The van der Waals surface area contributed by atoms with Crippen LogP contribution in [0.1, 0.15) is 22.9 Å². The van der Waals surface area contributed by atoms with Crippen LogP contribution < -0.4 is 5.32 Å². The van der Waals surface area contributed by atoms with Gasteiger partial charge in [-0.25, -0.2) is 9.98 Å². The number of fused-ring (bicyclic) bond motifs is 7. The van der Waals surface area contributed by atoms with Crippen LogP contribution in [0.3, 0.4) is 0 Å². The van der Waals surface area contributed by atoms with Gasteiger partial charge < -0.3 is 0 Å². The molecular formula is C57H39N6+. The van der Waals surface area contributed by atoms with Gasteiger partial charge in [0.05, 0.1) is 16.6 Å². The van der Waals surface area contributed by atoms with E-state index >= 15 is 0 Å². The van der Waals surface area contributed by atoms with Crippen LogP contribution in [0.5, 0.6) is 0 Å². The van der Waals surface area contributed by atoms with E-state index in [0.717, 1.165) is 89.1 Å². The van der Waals surface area contributed by atoms with Crippen molar-refractivity contribution in [2.24, 2.45) is 9.98 Å². The Morgan fingerprint density at radius 1 is 0.444 bits per heavy atom. The fourth-order valence-electron chi connectivity index (χ4n) is 9.15. The minimum Gasteiger partial charge on any atom is -0.292 e. The van der Waals surface area contributed by atoms with E-state index in [-0.39, 0.29) is 6.17 Å². The molecule has 1 unspecified atom stereocenters. The fraction of sp³-hybridized carbons (Fsp3) is 0.0175. The number of nitrogens with two attached hydrogens (primary N) is 1. The first-order valence-corrected chi connectivity index (χ1v) is 21.3. The van der Waals surface area contributed by atoms with Crippen molar-refractivity contribution in [2.75, 3.05) is 0 Å². The summed E-state index contributed by atoms with van der Waals surface area (Å²) < 4.78 is 2.34. The van der Waals surface area contributed by atoms with Gasteiger partial charge in [-0.05, 0) is 74.1 Å². The van der Waals surface area contributed by atoms with Crippen LogP contribution in [0.4, 0.5) is 0 Å². The molecule has 63 heavy (non-hydrogen) atoms. The molecule has 3 heterocycles. The van der Waals surface area contributed by atoms with Crippen LogP contribution in [0.15, 0.2) is 229 Å². The molecule has 9 aromatic carbocycles. The maximum absolute atomic E-state index is 5.49. The molecule has 0 saturated carbocycles.